The lowest BCUT2D eigenvalue weighted by Crippen LogP contribution is -2.73. The first kappa shape index (κ1) is 59.4. The summed E-state index contributed by atoms with van der Waals surface area (Å²) in [7, 11) is -6.29. The number of hydrogen-bond acceptors (Lipinski definition) is 16. The zero-order valence-corrected chi connectivity index (χ0v) is 49.3. The Hall–Kier alpha value is -0.899. The maximum absolute atomic E-state index is 7.07. The first-order valence-electron chi connectivity index (χ1n) is 21.9. The van der Waals surface area contributed by atoms with Crippen LogP contribution in [0.3, 0.4) is 0 Å². The Morgan fingerprint density at radius 1 is 0.288 bits per heavy atom. The summed E-state index contributed by atoms with van der Waals surface area (Å²) in [6.45, 7) is 0. The van der Waals surface area contributed by atoms with E-state index in [9.17, 15) is 0 Å². The van der Waals surface area contributed by atoms with Crippen LogP contribution in [0.2, 0.25) is 24.2 Å². The topological polar surface area (TPSA) is 111 Å². The molecule has 0 fully saturated rings. The highest BCUT2D eigenvalue weighted by atomic mass is 32.1. The number of thiol groups is 4. The van der Waals surface area contributed by atoms with Gasteiger partial charge in [-0.2, -0.15) is 50.5 Å². The van der Waals surface area contributed by atoms with Crippen molar-refractivity contribution < 1.29 is 51.9 Å². The molecule has 0 bridgehead atoms. The summed E-state index contributed by atoms with van der Waals surface area (Å²) in [6.07, 6.45) is 3.17. The minimum atomic E-state index is -3.43. The average molecular weight is 1090 g/mol. The van der Waals surface area contributed by atoms with Gasteiger partial charge in [-0.3, -0.25) is 0 Å². The maximum atomic E-state index is 7.07. The first-order chi connectivity index (χ1) is 32.0. The quantitative estimate of drug-likeness (QED) is 0.0307. The van der Waals surface area contributed by atoms with Crippen LogP contribution in [0, 0.1) is 0 Å². The molecule has 0 aliphatic rings. The van der Waals surface area contributed by atoms with Crippen LogP contribution >= 0.6 is 50.5 Å². The minimum absolute atomic E-state index is 0.617. The van der Waals surface area contributed by atoms with Gasteiger partial charge in [0, 0.05) is 81.1 Å². The third-order valence-electron chi connectivity index (χ3n) is 10.9. The van der Waals surface area contributed by atoms with Crippen molar-refractivity contribution in [3.63, 3.8) is 0 Å². The van der Waals surface area contributed by atoms with Gasteiger partial charge >= 0.3 is 52.3 Å². The highest BCUT2D eigenvalue weighted by Gasteiger charge is 2.60. The van der Waals surface area contributed by atoms with E-state index in [-0.39, 0.29) is 0 Å². The van der Waals surface area contributed by atoms with Crippen LogP contribution in [0.4, 0.5) is 0 Å². The zero-order chi connectivity index (χ0) is 48.4. The van der Waals surface area contributed by atoms with Gasteiger partial charge in [-0.1, -0.05) is 121 Å². The van der Waals surface area contributed by atoms with Crippen LogP contribution in [0.1, 0.15) is 25.7 Å². The van der Waals surface area contributed by atoms with Crippen molar-refractivity contribution in [1.82, 2.24) is 0 Å². The second-order valence-corrected chi connectivity index (χ2v) is 35.3. The summed E-state index contributed by atoms with van der Waals surface area (Å²) in [4.78, 5) is 0. The van der Waals surface area contributed by atoms with Crippen molar-refractivity contribution in [1.29, 1.82) is 0 Å². The Morgan fingerprint density at radius 2 is 0.455 bits per heavy atom. The molecular formula is C44H72O12S4Si6. The van der Waals surface area contributed by atoms with Gasteiger partial charge in [-0.05, 0) is 69.4 Å². The second-order valence-electron chi connectivity index (χ2n) is 14.8. The van der Waals surface area contributed by atoms with Crippen LogP contribution in [0.5, 0.6) is 0 Å². The molecule has 0 saturated carbocycles. The molecule has 0 atom stereocenters. The zero-order valence-electron chi connectivity index (χ0n) is 39.7. The molecule has 0 radical (unpaired) electrons. The van der Waals surface area contributed by atoms with Gasteiger partial charge in [0.15, 0.2) is 0 Å². The van der Waals surface area contributed by atoms with Gasteiger partial charge in [0.1, 0.15) is 0 Å². The van der Waals surface area contributed by atoms with Crippen LogP contribution in [-0.2, 0) is 51.9 Å². The van der Waals surface area contributed by atoms with Gasteiger partial charge in [0.05, 0.1) is 0 Å². The van der Waals surface area contributed by atoms with E-state index >= 15 is 0 Å². The SMILES string of the molecule is CO[Si](CCCS)(OC)O[Si](O[Si](CCCS)(OC)OC)(c1ccccc1)c1ccccc1.CO[Si](CCCS)(OC)O[Si](O[Si](CCCS)(OC)OC)(c1ccccc1)c1ccccc1. The molecule has 4 rings (SSSR count). The highest BCUT2D eigenvalue weighted by molar-refractivity contribution is 7.80. The van der Waals surface area contributed by atoms with Crippen molar-refractivity contribution in [2.75, 3.05) is 79.9 Å². The molecule has 4 aromatic carbocycles. The van der Waals surface area contributed by atoms with E-state index < -0.39 is 52.3 Å². The summed E-state index contributed by atoms with van der Waals surface area (Å²) in [5, 5.41) is 3.74. The van der Waals surface area contributed by atoms with E-state index in [0.29, 0.717) is 47.2 Å². The van der Waals surface area contributed by atoms with Crippen molar-refractivity contribution in [3.8, 4) is 0 Å². The minimum Gasteiger partial charge on any atom is -0.387 e. The predicted octanol–water partition coefficient (Wildman–Crippen LogP) is 6.76. The largest absolute Gasteiger partial charge is 0.491 e. The molecule has 0 aliphatic heterocycles. The fourth-order valence-corrected chi connectivity index (χ4v) is 33.1. The Balaban J connectivity index is 0.000000350. The monoisotopic (exact) mass is 1090 g/mol. The molecule has 66 heavy (non-hydrogen) atoms. The molecule has 0 N–H and O–H groups in total. The lowest BCUT2D eigenvalue weighted by Gasteiger charge is -2.43. The molecular weight excluding hydrogens is 1020 g/mol. The summed E-state index contributed by atoms with van der Waals surface area (Å²) in [6, 6.07) is 42.5. The van der Waals surface area contributed by atoms with E-state index in [0.717, 1.165) is 46.4 Å². The second kappa shape index (κ2) is 30.8. The van der Waals surface area contributed by atoms with E-state index in [1.165, 1.54) is 0 Å². The van der Waals surface area contributed by atoms with Crippen LogP contribution in [0.15, 0.2) is 121 Å². The van der Waals surface area contributed by atoms with Crippen molar-refractivity contribution in [3.05, 3.63) is 121 Å². The molecule has 4 aromatic rings. The normalized spacial score (nSPS) is 12.8. The Bertz CT molecular complexity index is 1590. The average Bonchev–Trinajstić information content (AvgIpc) is 3.39. The van der Waals surface area contributed by atoms with Crippen LogP contribution < -0.4 is 20.7 Å². The van der Waals surface area contributed by atoms with Crippen molar-refractivity contribution >= 4 is 124 Å². The standard InChI is InChI=1S/2C22H36O6S2Si3/c2*1-23-31(24-2,19-11-17-29)27-33(21-13-7-5-8-14-21,22-15-9-6-10-16-22)28-32(25-3,26-4)20-12-18-30/h2*5-10,13-16,29-30H,11-12,17-20H2,1-4H3. The first-order valence-corrected chi connectivity index (χ1v) is 35.7. The molecule has 0 aliphatic carbocycles. The number of hydrogen-bond donors (Lipinski definition) is 4. The highest BCUT2D eigenvalue weighted by Crippen LogP contribution is 2.31. The third-order valence-corrected chi connectivity index (χ3v) is 34.9. The van der Waals surface area contributed by atoms with Gasteiger partial charge in [0.25, 0.3) is 0 Å². The predicted molar refractivity (Wildman–Crippen MR) is 292 cm³/mol. The van der Waals surface area contributed by atoms with E-state index in [2.05, 4.69) is 50.5 Å². The Labute approximate surface area is 423 Å². The summed E-state index contributed by atoms with van der Waals surface area (Å²) >= 11 is 17.6. The van der Waals surface area contributed by atoms with Crippen molar-refractivity contribution in [2.45, 2.75) is 49.9 Å². The third kappa shape index (κ3) is 16.1. The lowest BCUT2D eigenvalue weighted by atomic mass is 10.4. The summed E-state index contributed by atoms with van der Waals surface area (Å²) < 4.78 is 76.2. The van der Waals surface area contributed by atoms with Crippen molar-refractivity contribution in [2.24, 2.45) is 0 Å². The molecule has 12 nitrogen and oxygen atoms in total. The molecule has 0 aromatic heterocycles. The van der Waals surface area contributed by atoms with Crippen LogP contribution in [-0.4, -0.2) is 132 Å². The van der Waals surface area contributed by atoms with Crippen LogP contribution in [0.25, 0.3) is 0 Å². The van der Waals surface area contributed by atoms with E-state index in [4.69, 9.17) is 51.9 Å². The molecule has 0 amide bonds. The van der Waals surface area contributed by atoms with Gasteiger partial charge < -0.3 is 51.9 Å². The molecule has 0 saturated heterocycles. The molecule has 0 unspecified atom stereocenters. The molecule has 368 valence electrons. The van der Waals surface area contributed by atoms with Gasteiger partial charge in [0.2, 0.25) is 0 Å². The van der Waals surface area contributed by atoms with Gasteiger partial charge in [-0.15, -0.1) is 0 Å². The summed E-state index contributed by atoms with van der Waals surface area (Å²) in [5.74, 6) is 2.81. The molecule has 0 heterocycles. The fraction of sp³-hybridized carbons (Fsp3) is 0.455. The van der Waals surface area contributed by atoms with E-state index in [1.807, 2.05) is 121 Å². The lowest BCUT2D eigenvalue weighted by molar-refractivity contribution is 0.119. The smallest absolute Gasteiger partial charge is 0.387 e. The van der Waals surface area contributed by atoms with Gasteiger partial charge in [-0.25, -0.2) is 0 Å². The number of benzene rings is 4. The number of rotatable bonds is 32. The molecule has 22 heteroatoms. The maximum Gasteiger partial charge on any atom is 0.491 e. The fourth-order valence-electron chi connectivity index (χ4n) is 7.22. The Morgan fingerprint density at radius 3 is 0.591 bits per heavy atom. The Kier molecular flexibility index (Phi) is 27.7. The molecule has 0 spiro atoms. The van der Waals surface area contributed by atoms with E-state index in [1.54, 1.807) is 56.9 Å². The summed E-state index contributed by atoms with van der Waals surface area (Å²) in [5.41, 5.74) is 0.